The highest BCUT2D eigenvalue weighted by molar-refractivity contribution is 7.86. The third-order valence-corrected chi connectivity index (χ3v) is 9.00. The average molecular weight is 739 g/mol. The molecule has 0 aliphatic carbocycles. The van der Waals surface area contributed by atoms with Gasteiger partial charge in [0.15, 0.2) is 0 Å². The Morgan fingerprint density at radius 1 is 0.646 bits per heavy atom. The number of halogens is 1. The normalized spacial score (nSPS) is 12.1. The Labute approximate surface area is 275 Å². The van der Waals surface area contributed by atoms with Crippen LogP contribution in [0.5, 0.6) is 11.5 Å². The zero-order valence-corrected chi connectivity index (χ0v) is 26.6. The monoisotopic (exact) mass is 738 g/mol. The van der Waals surface area contributed by atoms with E-state index in [0.29, 0.717) is 6.07 Å². The molecular formula is C26H19ClN6O12S3. The van der Waals surface area contributed by atoms with E-state index in [-0.39, 0.29) is 50.6 Å². The molecule has 18 nitrogen and oxygen atoms in total. The van der Waals surface area contributed by atoms with Gasteiger partial charge in [-0.3, -0.25) is 18.5 Å². The number of carbonyl (C=O) groups is 1. The number of phenolic OH excluding ortho intramolecular Hbond substituents is 2. The molecule has 48 heavy (non-hydrogen) atoms. The van der Waals surface area contributed by atoms with Crippen LogP contribution in [0.3, 0.4) is 0 Å². The molecule has 0 unspecified atom stereocenters. The Morgan fingerprint density at radius 3 is 1.85 bits per heavy atom. The Balaban J connectivity index is 1.44. The lowest BCUT2D eigenvalue weighted by Crippen LogP contribution is -2.13. The Hall–Kier alpha value is -5.16. The van der Waals surface area contributed by atoms with Gasteiger partial charge < -0.3 is 26.2 Å². The van der Waals surface area contributed by atoms with E-state index in [0.717, 1.165) is 36.4 Å². The van der Waals surface area contributed by atoms with Crippen molar-refractivity contribution in [1.29, 1.82) is 0 Å². The van der Waals surface area contributed by atoms with E-state index in [4.69, 9.17) is 11.6 Å². The first-order valence-corrected chi connectivity index (χ1v) is 17.4. The summed E-state index contributed by atoms with van der Waals surface area (Å²) in [6.45, 7) is 0. The van der Waals surface area contributed by atoms with E-state index < -0.39 is 62.4 Å². The topological polar surface area (TPSA) is 295 Å². The number of nitrogens with one attached hydrogen (secondary N) is 3. The van der Waals surface area contributed by atoms with Gasteiger partial charge in [-0.1, -0.05) is 6.07 Å². The van der Waals surface area contributed by atoms with Gasteiger partial charge in [-0.2, -0.15) is 40.2 Å². The van der Waals surface area contributed by atoms with E-state index in [1.807, 2.05) is 0 Å². The van der Waals surface area contributed by atoms with Crippen LogP contribution in [0, 0.1) is 0 Å². The van der Waals surface area contributed by atoms with Crippen molar-refractivity contribution in [3.8, 4) is 11.5 Å². The summed E-state index contributed by atoms with van der Waals surface area (Å²) in [5.74, 6) is -2.49. The number of benzene rings is 4. The number of fused-ring (bicyclic) bond motifs is 1. The number of phenols is 2. The largest absolute Gasteiger partial charge is 0.507 e. The zero-order chi connectivity index (χ0) is 35.2. The molecule has 0 spiro atoms. The number of amides is 1. The number of anilines is 5. The Kier molecular flexibility index (Phi) is 8.87. The van der Waals surface area contributed by atoms with Crippen molar-refractivity contribution in [2.45, 2.75) is 14.7 Å². The molecule has 0 radical (unpaired) electrons. The van der Waals surface area contributed by atoms with E-state index in [1.54, 1.807) is 0 Å². The predicted octanol–water partition coefficient (Wildman–Crippen LogP) is 3.57. The van der Waals surface area contributed by atoms with Gasteiger partial charge in [0.25, 0.3) is 36.3 Å². The summed E-state index contributed by atoms with van der Waals surface area (Å²) in [5, 5.41) is 27.5. The lowest BCUT2D eigenvalue weighted by molar-refractivity contribution is 0.102. The molecule has 250 valence electrons. The smallest absolute Gasteiger partial charge is 0.294 e. The highest BCUT2D eigenvalue weighted by Crippen LogP contribution is 2.37. The molecule has 0 bridgehead atoms. The predicted molar refractivity (Wildman–Crippen MR) is 169 cm³/mol. The molecule has 1 amide bonds. The maximum absolute atomic E-state index is 13.3. The molecule has 8 N–H and O–H groups in total. The van der Waals surface area contributed by atoms with Gasteiger partial charge in [0.2, 0.25) is 17.2 Å². The van der Waals surface area contributed by atoms with Crippen molar-refractivity contribution in [2.75, 3.05) is 16.0 Å². The third-order valence-electron chi connectivity index (χ3n) is 6.32. The van der Waals surface area contributed by atoms with Crippen molar-refractivity contribution >= 4 is 87.6 Å². The number of carbonyl (C=O) groups excluding carboxylic acids is 1. The van der Waals surface area contributed by atoms with Gasteiger partial charge in [-0.05, 0) is 71.6 Å². The molecule has 22 heteroatoms. The summed E-state index contributed by atoms with van der Waals surface area (Å²) in [7, 11) is -14.3. The summed E-state index contributed by atoms with van der Waals surface area (Å²) in [4.78, 5) is 23.0. The van der Waals surface area contributed by atoms with Gasteiger partial charge in [-0.25, -0.2) is 0 Å². The maximum atomic E-state index is 13.3. The van der Waals surface area contributed by atoms with Crippen LogP contribution < -0.4 is 16.0 Å². The fourth-order valence-corrected chi connectivity index (χ4v) is 6.00. The Bertz CT molecular complexity index is 2480. The van der Waals surface area contributed by atoms with Gasteiger partial charge in [0, 0.05) is 22.7 Å². The van der Waals surface area contributed by atoms with Crippen molar-refractivity contribution in [1.82, 2.24) is 15.0 Å². The summed E-state index contributed by atoms with van der Waals surface area (Å²) >= 11 is 6.01. The number of aromatic nitrogens is 3. The number of hydrogen-bond donors (Lipinski definition) is 8. The van der Waals surface area contributed by atoms with Crippen molar-refractivity contribution in [2.24, 2.45) is 0 Å². The lowest BCUT2D eigenvalue weighted by atomic mass is 10.1. The maximum Gasteiger partial charge on any atom is 0.294 e. The molecule has 1 aromatic heterocycles. The van der Waals surface area contributed by atoms with E-state index in [9.17, 15) is 53.9 Å². The number of nitrogens with zero attached hydrogens (tertiary/aromatic N) is 3. The van der Waals surface area contributed by atoms with E-state index >= 15 is 0 Å². The quantitative estimate of drug-likeness (QED) is 0.0791. The summed E-state index contributed by atoms with van der Waals surface area (Å²) in [6, 6.07) is 11.6. The molecule has 0 aliphatic rings. The third kappa shape index (κ3) is 7.69. The molecule has 5 aromatic rings. The van der Waals surface area contributed by atoms with E-state index in [2.05, 4.69) is 30.9 Å². The molecular weight excluding hydrogens is 720 g/mol. The molecule has 1 heterocycles. The van der Waals surface area contributed by atoms with Crippen molar-refractivity contribution in [3.05, 3.63) is 77.6 Å². The molecule has 4 aromatic carbocycles. The fourth-order valence-electron chi connectivity index (χ4n) is 4.25. The minimum absolute atomic E-state index is 0.0510. The van der Waals surface area contributed by atoms with Crippen LogP contribution in [0.1, 0.15) is 10.4 Å². The van der Waals surface area contributed by atoms with Gasteiger partial charge >= 0.3 is 0 Å². The summed E-state index contributed by atoms with van der Waals surface area (Å²) < 4.78 is 98.4. The Morgan fingerprint density at radius 2 is 1.23 bits per heavy atom. The second-order valence-electron chi connectivity index (χ2n) is 9.65. The fraction of sp³-hybridized carbons (Fsp3) is 0. The first-order valence-electron chi connectivity index (χ1n) is 12.7. The second kappa shape index (κ2) is 12.5. The minimum Gasteiger partial charge on any atom is -0.507 e. The molecule has 0 aliphatic heterocycles. The van der Waals surface area contributed by atoms with Gasteiger partial charge in [-0.15, -0.1) is 0 Å². The molecule has 0 atom stereocenters. The standard InChI is InChI=1S/C26H19ClN6O12S3/c27-24-31-25(33-26(32-24)30-18-9-15(46(37,38)39)4-5-20(18)34)28-14-3-1-2-12(6-14)23(36)29-19-10-16(47(40,41)42)7-13-8-17(48(43,44)45)11-21(35)22(13)19/h1-11,34-35H,(H,29,36)(H,37,38,39)(H,40,41,42)(H,43,44,45)(H2,28,30,31,32,33). The van der Waals surface area contributed by atoms with Crippen molar-refractivity contribution < 1.29 is 53.9 Å². The molecule has 0 fully saturated rings. The molecule has 0 saturated carbocycles. The van der Waals surface area contributed by atoms with Crippen LogP contribution in [-0.4, -0.2) is 70.0 Å². The van der Waals surface area contributed by atoms with E-state index in [1.165, 1.54) is 24.3 Å². The zero-order valence-electron chi connectivity index (χ0n) is 23.4. The summed E-state index contributed by atoms with van der Waals surface area (Å²) in [6.07, 6.45) is 0. The van der Waals surface area contributed by atoms with Gasteiger partial charge in [0.05, 0.1) is 26.1 Å². The average Bonchev–Trinajstić information content (AvgIpc) is 2.96. The van der Waals surface area contributed by atoms with Crippen LogP contribution >= 0.6 is 11.6 Å². The van der Waals surface area contributed by atoms with Crippen LogP contribution in [0.15, 0.2) is 81.4 Å². The number of rotatable bonds is 9. The van der Waals surface area contributed by atoms with Crippen LogP contribution in [0.2, 0.25) is 5.28 Å². The van der Waals surface area contributed by atoms with Gasteiger partial charge in [0.1, 0.15) is 11.5 Å². The van der Waals surface area contributed by atoms with Crippen molar-refractivity contribution in [3.63, 3.8) is 0 Å². The highest BCUT2D eigenvalue weighted by Gasteiger charge is 2.21. The van der Waals surface area contributed by atoms with Crippen LogP contribution in [-0.2, 0) is 30.4 Å². The first kappa shape index (κ1) is 34.2. The first-order chi connectivity index (χ1) is 22.3. The lowest BCUT2D eigenvalue weighted by Gasteiger charge is -2.14. The number of aromatic hydroxyl groups is 2. The summed E-state index contributed by atoms with van der Waals surface area (Å²) in [5.41, 5.74) is -0.402. The molecule has 0 saturated heterocycles. The molecule has 5 rings (SSSR count). The number of hydrogen-bond acceptors (Lipinski definition) is 14. The highest BCUT2D eigenvalue weighted by atomic mass is 35.5. The SMILES string of the molecule is O=C(Nc1cc(S(=O)(=O)O)cc2cc(S(=O)(=O)O)cc(O)c12)c1cccc(Nc2nc(Cl)nc(Nc3cc(S(=O)(=O)O)ccc3O)n2)c1. The van der Waals surface area contributed by atoms with Crippen LogP contribution in [0.25, 0.3) is 10.8 Å². The van der Waals surface area contributed by atoms with Crippen LogP contribution in [0.4, 0.5) is 29.0 Å². The second-order valence-corrected chi connectivity index (χ2v) is 14.3. The minimum atomic E-state index is -4.90.